The number of nitrogen functional groups attached to an aromatic ring is 1. The number of rotatable bonds is 1. The molecule has 0 fully saturated rings. The lowest BCUT2D eigenvalue weighted by molar-refractivity contribution is 0.0955. The number of carbonyl (C=O) groups excluding carboxylic acids is 1. The molecule has 5 heteroatoms. The molecule has 0 aliphatic carbocycles. The minimum atomic E-state index is -0.387. The minimum Gasteiger partial charge on any atom is -0.290 e. The van der Waals surface area contributed by atoms with Gasteiger partial charge in [0.25, 0.3) is 5.91 Å². The van der Waals surface area contributed by atoms with Crippen molar-refractivity contribution in [2.45, 2.75) is 0 Å². The van der Waals surface area contributed by atoms with Crippen molar-refractivity contribution in [1.82, 2.24) is 15.4 Å². The fourth-order valence-corrected chi connectivity index (χ4v) is 1.24. The Morgan fingerprint density at radius 2 is 2.29 bits per heavy atom. The Hall–Kier alpha value is -2.01. The molecule has 1 amide bonds. The van der Waals surface area contributed by atoms with Gasteiger partial charge in [-0.1, -0.05) is 0 Å². The number of nitrogens with zero attached hydrogens (tertiary/aromatic N) is 2. The number of pyridine rings is 2. The van der Waals surface area contributed by atoms with Gasteiger partial charge in [0.1, 0.15) is 0 Å². The van der Waals surface area contributed by atoms with Crippen LogP contribution < -0.4 is 11.3 Å². The van der Waals surface area contributed by atoms with Crippen LogP contribution in [0, 0.1) is 0 Å². The minimum absolute atomic E-state index is 0.380. The first-order valence-electron chi connectivity index (χ1n) is 4.02. The molecule has 0 saturated carbocycles. The monoisotopic (exact) mass is 188 g/mol. The molecule has 0 spiro atoms. The van der Waals surface area contributed by atoms with Crippen LogP contribution in [-0.4, -0.2) is 15.9 Å². The summed E-state index contributed by atoms with van der Waals surface area (Å²) in [7, 11) is 0. The zero-order valence-electron chi connectivity index (χ0n) is 7.27. The number of hydrazine groups is 1. The first-order valence-corrected chi connectivity index (χ1v) is 4.02. The lowest BCUT2D eigenvalue weighted by atomic mass is 10.2. The maximum absolute atomic E-state index is 11.3. The van der Waals surface area contributed by atoms with Gasteiger partial charge in [0.15, 0.2) is 0 Å². The van der Waals surface area contributed by atoms with Gasteiger partial charge in [0.2, 0.25) is 0 Å². The predicted molar refractivity (Wildman–Crippen MR) is 51.2 cm³/mol. The Labute approximate surface area is 79.9 Å². The summed E-state index contributed by atoms with van der Waals surface area (Å²) in [5.41, 5.74) is 3.04. The van der Waals surface area contributed by atoms with Gasteiger partial charge in [0, 0.05) is 24.0 Å². The molecule has 0 aliphatic heterocycles. The lowest BCUT2D eigenvalue weighted by Gasteiger charge is -2.02. The van der Waals surface area contributed by atoms with E-state index in [9.17, 15) is 4.79 Å². The fraction of sp³-hybridized carbons (Fsp3) is 0. The molecule has 2 aromatic heterocycles. The second kappa shape index (κ2) is 3.39. The van der Waals surface area contributed by atoms with Gasteiger partial charge >= 0.3 is 0 Å². The lowest BCUT2D eigenvalue weighted by Crippen LogP contribution is -2.30. The van der Waals surface area contributed by atoms with Crippen LogP contribution in [-0.2, 0) is 0 Å². The number of hydrogen-bond acceptors (Lipinski definition) is 4. The van der Waals surface area contributed by atoms with Gasteiger partial charge < -0.3 is 0 Å². The van der Waals surface area contributed by atoms with Crippen molar-refractivity contribution < 1.29 is 4.79 Å². The topological polar surface area (TPSA) is 80.9 Å². The van der Waals surface area contributed by atoms with E-state index in [1.807, 2.05) is 6.07 Å². The highest BCUT2D eigenvalue weighted by atomic mass is 16.2. The van der Waals surface area contributed by atoms with Crippen LogP contribution in [0.4, 0.5) is 0 Å². The molecule has 0 radical (unpaired) electrons. The first kappa shape index (κ1) is 8.58. The summed E-state index contributed by atoms with van der Waals surface area (Å²) in [6.07, 6.45) is 4.71. The summed E-state index contributed by atoms with van der Waals surface area (Å²) in [4.78, 5) is 19.3. The van der Waals surface area contributed by atoms with E-state index in [0.717, 1.165) is 5.39 Å². The largest absolute Gasteiger partial charge is 0.290 e. The van der Waals surface area contributed by atoms with Crippen molar-refractivity contribution >= 4 is 16.8 Å². The Balaban J connectivity index is 2.71. The number of aromatic nitrogens is 2. The summed E-state index contributed by atoms with van der Waals surface area (Å²) in [6.45, 7) is 0. The van der Waals surface area contributed by atoms with Crippen LogP contribution in [0.15, 0.2) is 30.7 Å². The van der Waals surface area contributed by atoms with Crippen molar-refractivity contribution in [3.05, 3.63) is 36.3 Å². The van der Waals surface area contributed by atoms with Crippen LogP contribution in [0.5, 0.6) is 0 Å². The second-order valence-electron chi connectivity index (χ2n) is 2.74. The van der Waals surface area contributed by atoms with E-state index in [1.54, 1.807) is 18.5 Å². The average molecular weight is 188 g/mol. The molecule has 2 aromatic rings. The van der Waals surface area contributed by atoms with Crippen LogP contribution in [0.25, 0.3) is 10.9 Å². The molecule has 5 nitrogen and oxygen atoms in total. The van der Waals surface area contributed by atoms with E-state index >= 15 is 0 Å². The van der Waals surface area contributed by atoms with E-state index in [1.165, 1.54) is 6.20 Å². The second-order valence-corrected chi connectivity index (χ2v) is 2.74. The van der Waals surface area contributed by atoms with Crippen molar-refractivity contribution in [3.8, 4) is 0 Å². The van der Waals surface area contributed by atoms with Gasteiger partial charge in [-0.25, -0.2) is 5.84 Å². The molecule has 2 rings (SSSR count). The molecule has 0 aliphatic rings. The van der Waals surface area contributed by atoms with Crippen molar-refractivity contribution in [2.75, 3.05) is 0 Å². The van der Waals surface area contributed by atoms with Crippen LogP contribution in [0.1, 0.15) is 10.4 Å². The third kappa shape index (κ3) is 1.29. The molecule has 70 valence electrons. The van der Waals surface area contributed by atoms with E-state index < -0.39 is 0 Å². The summed E-state index contributed by atoms with van der Waals surface area (Å²) in [5.74, 6) is 4.65. The molecule has 0 unspecified atom stereocenters. The Morgan fingerprint density at radius 3 is 3.07 bits per heavy atom. The van der Waals surface area contributed by atoms with E-state index in [2.05, 4.69) is 15.4 Å². The molecular weight excluding hydrogens is 180 g/mol. The molecule has 0 atom stereocenters. The molecule has 0 saturated heterocycles. The fourth-order valence-electron chi connectivity index (χ4n) is 1.24. The highest BCUT2D eigenvalue weighted by Crippen LogP contribution is 2.13. The smallest absolute Gasteiger partial charge is 0.268 e. The number of hydrogen-bond donors (Lipinski definition) is 2. The standard InChI is InChI=1S/C9H8N4O/c10-13-9(14)7-5-11-4-6-2-1-3-12-8(6)7/h1-5H,10H2,(H,13,14). The Morgan fingerprint density at radius 1 is 1.43 bits per heavy atom. The van der Waals surface area contributed by atoms with Crippen LogP contribution >= 0.6 is 0 Å². The summed E-state index contributed by atoms with van der Waals surface area (Å²) < 4.78 is 0. The van der Waals surface area contributed by atoms with Crippen molar-refractivity contribution in [2.24, 2.45) is 5.84 Å². The predicted octanol–water partition coefficient (Wildman–Crippen LogP) is 0.233. The number of nitrogens with two attached hydrogens (primary N) is 1. The summed E-state index contributed by atoms with van der Waals surface area (Å²) >= 11 is 0. The summed E-state index contributed by atoms with van der Waals surface area (Å²) in [6, 6.07) is 3.62. The molecule has 3 N–H and O–H groups in total. The number of nitrogens with one attached hydrogen (secondary N) is 1. The third-order valence-electron chi connectivity index (χ3n) is 1.89. The highest BCUT2D eigenvalue weighted by molar-refractivity contribution is 6.04. The molecule has 0 aromatic carbocycles. The Kier molecular flexibility index (Phi) is 2.08. The van der Waals surface area contributed by atoms with E-state index in [-0.39, 0.29) is 5.91 Å². The maximum atomic E-state index is 11.3. The highest BCUT2D eigenvalue weighted by Gasteiger charge is 2.09. The van der Waals surface area contributed by atoms with E-state index in [0.29, 0.717) is 11.1 Å². The summed E-state index contributed by atoms with van der Waals surface area (Å²) in [5, 5.41) is 0.814. The SMILES string of the molecule is NNC(=O)c1cncc2cccnc12. The van der Waals surface area contributed by atoms with Crippen LogP contribution in [0.2, 0.25) is 0 Å². The molecule has 0 bridgehead atoms. The normalized spacial score (nSPS) is 10.1. The van der Waals surface area contributed by atoms with Crippen LogP contribution in [0.3, 0.4) is 0 Å². The van der Waals surface area contributed by atoms with Crippen molar-refractivity contribution in [3.63, 3.8) is 0 Å². The number of amides is 1. The number of carbonyl (C=O) groups is 1. The quantitative estimate of drug-likeness (QED) is 0.381. The zero-order chi connectivity index (χ0) is 9.97. The van der Waals surface area contributed by atoms with Gasteiger partial charge in [0.05, 0.1) is 11.1 Å². The third-order valence-corrected chi connectivity index (χ3v) is 1.89. The maximum Gasteiger partial charge on any atom is 0.268 e. The van der Waals surface area contributed by atoms with Gasteiger partial charge in [-0.05, 0) is 12.1 Å². The van der Waals surface area contributed by atoms with E-state index in [4.69, 9.17) is 5.84 Å². The average Bonchev–Trinajstić information content (AvgIpc) is 2.27. The first-order chi connectivity index (χ1) is 6.83. The Bertz CT molecular complexity index is 478. The van der Waals surface area contributed by atoms with Gasteiger partial charge in [-0.3, -0.25) is 20.2 Å². The molecule has 2 heterocycles. The van der Waals surface area contributed by atoms with Gasteiger partial charge in [-0.2, -0.15) is 0 Å². The zero-order valence-corrected chi connectivity index (χ0v) is 7.27. The van der Waals surface area contributed by atoms with Crippen molar-refractivity contribution in [1.29, 1.82) is 0 Å². The molecular formula is C9H8N4O. The number of fused-ring (bicyclic) bond motifs is 1. The molecule has 14 heavy (non-hydrogen) atoms. The van der Waals surface area contributed by atoms with Gasteiger partial charge in [-0.15, -0.1) is 0 Å².